The SMILES string of the molecule is CCC[C@H]1CN(C(=O)CCCl)CC[C@H]1O. The zero-order valence-corrected chi connectivity index (χ0v) is 10.0. The number of likely N-dealkylation sites (tertiary alicyclic amines) is 1. The number of hydrogen-bond donors (Lipinski definition) is 1. The van der Waals surface area contributed by atoms with E-state index in [1.807, 2.05) is 4.90 Å². The molecule has 4 heteroatoms. The summed E-state index contributed by atoms with van der Waals surface area (Å²) in [5.41, 5.74) is 0. The standard InChI is InChI=1S/C11H20ClNO2/c1-2-3-9-8-13(7-5-10(9)14)11(15)4-6-12/h9-10,14H,2-8H2,1H3/t9-,10+/m0/s1. The van der Waals surface area contributed by atoms with Crippen LogP contribution in [0.25, 0.3) is 0 Å². The summed E-state index contributed by atoms with van der Waals surface area (Å²) in [6, 6.07) is 0. The van der Waals surface area contributed by atoms with Gasteiger partial charge in [-0.2, -0.15) is 0 Å². The molecule has 0 saturated carbocycles. The molecule has 1 rings (SSSR count). The van der Waals surface area contributed by atoms with Crippen LogP contribution >= 0.6 is 11.6 Å². The number of nitrogens with zero attached hydrogens (tertiary/aromatic N) is 1. The molecule has 0 aromatic carbocycles. The van der Waals surface area contributed by atoms with E-state index in [0.29, 0.717) is 31.8 Å². The molecule has 0 radical (unpaired) electrons. The summed E-state index contributed by atoms with van der Waals surface area (Å²) in [5.74, 6) is 0.761. The molecule has 1 aliphatic rings. The Morgan fingerprint density at radius 2 is 2.33 bits per heavy atom. The number of amides is 1. The van der Waals surface area contributed by atoms with Gasteiger partial charge in [-0.15, -0.1) is 11.6 Å². The van der Waals surface area contributed by atoms with E-state index in [0.717, 1.165) is 12.8 Å². The van der Waals surface area contributed by atoms with Crippen LogP contribution in [0.15, 0.2) is 0 Å². The van der Waals surface area contributed by atoms with Crippen LogP contribution in [0.1, 0.15) is 32.6 Å². The summed E-state index contributed by atoms with van der Waals surface area (Å²) >= 11 is 5.54. The van der Waals surface area contributed by atoms with Gasteiger partial charge >= 0.3 is 0 Å². The fraction of sp³-hybridized carbons (Fsp3) is 0.909. The minimum atomic E-state index is -0.231. The van der Waals surface area contributed by atoms with Crippen molar-refractivity contribution >= 4 is 17.5 Å². The van der Waals surface area contributed by atoms with Crippen LogP contribution in [-0.2, 0) is 4.79 Å². The molecule has 15 heavy (non-hydrogen) atoms. The summed E-state index contributed by atoms with van der Waals surface area (Å²) in [6.07, 6.45) is 2.94. The molecule has 0 aromatic heterocycles. The van der Waals surface area contributed by atoms with Crippen LogP contribution in [0, 0.1) is 5.92 Å². The maximum Gasteiger partial charge on any atom is 0.223 e. The van der Waals surface area contributed by atoms with E-state index in [1.165, 1.54) is 0 Å². The Bertz CT molecular complexity index is 211. The number of alkyl halides is 1. The molecule has 1 amide bonds. The number of piperidine rings is 1. The van der Waals surface area contributed by atoms with Crippen molar-refractivity contribution in [3.8, 4) is 0 Å². The van der Waals surface area contributed by atoms with Crippen LogP contribution in [0.3, 0.4) is 0 Å². The lowest BCUT2D eigenvalue weighted by Crippen LogP contribution is -2.46. The van der Waals surface area contributed by atoms with Crippen molar-refractivity contribution in [1.82, 2.24) is 4.90 Å². The van der Waals surface area contributed by atoms with Gasteiger partial charge in [0.25, 0.3) is 0 Å². The van der Waals surface area contributed by atoms with Gasteiger partial charge in [-0.05, 0) is 12.8 Å². The zero-order valence-electron chi connectivity index (χ0n) is 9.29. The third-order valence-corrected chi connectivity index (χ3v) is 3.20. The molecule has 1 saturated heterocycles. The quantitative estimate of drug-likeness (QED) is 0.750. The number of carbonyl (C=O) groups excluding carboxylic acids is 1. The van der Waals surface area contributed by atoms with E-state index in [1.54, 1.807) is 0 Å². The van der Waals surface area contributed by atoms with E-state index in [2.05, 4.69) is 6.92 Å². The van der Waals surface area contributed by atoms with E-state index < -0.39 is 0 Å². The van der Waals surface area contributed by atoms with Gasteiger partial charge in [0, 0.05) is 31.3 Å². The fourth-order valence-corrected chi connectivity index (χ4v) is 2.30. The Morgan fingerprint density at radius 3 is 2.93 bits per heavy atom. The van der Waals surface area contributed by atoms with Gasteiger partial charge in [0.1, 0.15) is 0 Å². The van der Waals surface area contributed by atoms with Crippen molar-refractivity contribution in [1.29, 1.82) is 0 Å². The van der Waals surface area contributed by atoms with Gasteiger partial charge in [0.15, 0.2) is 0 Å². The molecule has 0 aromatic rings. The Balaban J connectivity index is 2.45. The number of carbonyl (C=O) groups is 1. The normalized spacial score (nSPS) is 26.7. The first-order valence-corrected chi connectivity index (χ1v) is 6.24. The molecule has 1 heterocycles. The van der Waals surface area contributed by atoms with Gasteiger partial charge < -0.3 is 10.0 Å². The highest BCUT2D eigenvalue weighted by molar-refractivity contribution is 6.18. The summed E-state index contributed by atoms with van der Waals surface area (Å²) < 4.78 is 0. The summed E-state index contributed by atoms with van der Waals surface area (Å²) in [6.45, 7) is 3.48. The molecule has 0 bridgehead atoms. The van der Waals surface area contributed by atoms with Crippen LogP contribution in [0.5, 0.6) is 0 Å². The number of halogens is 1. The molecule has 0 spiro atoms. The predicted molar refractivity (Wildman–Crippen MR) is 60.9 cm³/mol. The third-order valence-electron chi connectivity index (χ3n) is 3.01. The highest BCUT2D eigenvalue weighted by atomic mass is 35.5. The molecule has 88 valence electrons. The highest BCUT2D eigenvalue weighted by Gasteiger charge is 2.28. The average Bonchev–Trinajstić information content (AvgIpc) is 2.22. The van der Waals surface area contributed by atoms with Gasteiger partial charge in [-0.1, -0.05) is 13.3 Å². The van der Waals surface area contributed by atoms with Crippen molar-refractivity contribution in [2.24, 2.45) is 5.92 Å². The lowest BCUT2D eigenvalue weighted by Gasteiger charge is -2.36. The maximum atomic E-state index is 11.6. The monoisotopic (exact) mass is 233 g/mol. The molecule has 1 fully saturated rings. The summed E-state index contributed by atoms with van der Waals surface area (Å²) in [7, 11) is 0. The number of hydrogen-bond acceptors (Lipinski definition) is 2. The van der Waals surface area contributed by atoms with E-state index in [-0.39, 0.29) is 17.9 Å². The maximum absolute atomic E-state index is 11.6. The van der Waals surface area contributed by atoms with Crippen LogP contribution in [0.2, 0.25) is 0 Å². The average molecular weight is 234 g/mol. The fourth-order valence-electron chi connectivity index (χ4n) is 2.14. The second-order valence-corrected chi connectivity index (χ2v) is 4.56. The summed E-state index contributed by atoms with van der Waals surface area (Å²) in [4.78, 5) is 13.5. The largest absolute Gasteiger partial charge is 0.393 e. The first kappa shape index (κ1) is 12.8. The smallest absolute Gasteiger partial charge is 0.223 e. The lowest BCUT2D eigenvalue weighted by atomic mass is 9.90. The van der Waals surface area contributed by atoms with Crippen molar-refractivity contribution < 1.29 is 9.90 Å². The third kappa shape index (κ3) is 3.65. The van der Waals surface area contributed by atoms with Crippen LogP contribution in [0.4, 0.5) is 0 Å². The minimum absolute atomic E-state index is 0.123. The zero-order chi connectivity index (χ0) is 11.3. The molecular formula is C11H20ClNO2. The predicted octanol–water partition coefficient (Wildman–Crippen LogP) is 1.62. The Labute approximate surface area is 96.4 Å². The Kier molecular flexibility index (Phi) is 5.40. The number of aliphatic hydroxyl groups is 1. The molecule has 0 unspecified atom stereocenters. The minimum Gasteiger partial charge on any atom is -0.393 e. The van der Waals surface area contributed by atoms with E-state index >= 15 is 0 Å². The molecule has 1 N–H and O–H groups in total. The Hall–Kier alpha value is -0.280. The number of aliphatic hydroxyl groups excluding tert-OH is 1. The highest BCUT2D eigenvalue weighted by Crippen LogP contribution is 2.22. The van der Waals surface area contributed by atoms with E-state index in [4.69, 9.17) is 11.6 Å². The van der Waals surface area contributed by atoms with Gasteiger partial charge in [-0.25, -0.2) is 0 Å². The number of rotatable bonds is 4. The van der Waals surface area contributed by atoms with Gasteiger partial charge in [0.05, 0.1) is 6.10 Å². The second-order valence-electron chi connectivity index (χ2n) is 4.18. The first-order chi connectivity index (χ1) is 7.19. The molecule has 1 aliphatic heterocycles. The van der Waals surface area contributed by atoms with Gasteiger partial charge in [0.2, 0.25) is 5.91 Å². The first-order valence-electron chi connectivity index (χ1n) is 5.70. The summed E-state index contributed by atoms with van der Waals surface area (Å²) in [5, 5.41) is 9.77. The molecular weight excluding hydrogens is 214 g/mol. The van der Waals surface area contributed by atoms with Crippen LogP contribution in [-0.4, -0.2) is 41.0 Å². The molecule has 3 nitrogen and oxygen atoms in total. The molecule has 0 aliphatic carbocycles. The van der Waals surface area contributed by atoms with Crippen LogP contribution < -0.4 is 0 Å². The lowest BCUT2D eigenvalue weighted by molar-refractivity contribution is -0.134. The molecule has 2 atom stereocenters. The van der Waals surface area contributed by atoms with E-state index in [9.17, 15) is 9.90 Å². The Morgan fingerprint density at radius 1 is 1.60 bits per heavy atom. The van der Waals surface area contributed by atoms with Crippen molar-refractivity contribution in [3.63, 3.8) is 0 Å². The van der Waals surface area contributed by atoms with Gasteiger partial charge in [-0.3, -0.25) is 4.79 Å². The second kappa shape index (κ2) is 6.33. The van der Waals surface area contributed by atoms with Crippen molar-refractivity contribution in [2.75, 3.05) is 19.0 Å². The van der Waals surface area contributed by atoms with Crippen molar-refractivity contribution in [2.45, 2.75) is 38.7 Å². The topological polar surface area (TPSA) is 40.5 Å². The van der Waals surface area contributed by atoms with Crippen molar-refractivity contribution in [3.05, 3.63) is 0 Å².